The van der Waals surface area contributed by atoms with E-state index in [0.29, 0.717) is 0 Å². The molecular formula is C9H7ClN2O4. The maximum absolute atomic E-state index is 10.9. The van der Waals surface area contributed by atoms with Crippen LogP contribution in [0.15, 0.2) is 40.6 Å². The van der Waals surface area contributed by atoms with Gasteiger partial charge in [-0.1, -0.05) is 40.6 Å². The van der Waals surface area contributed by atoms with Crippen molar-refractivity contribution in [1.82, 2.24) is 0 Å². The molecule has 1 rings (SSSR count). The van der Waals surface area contributed by atoms with Crippen molar-refractivity contribution in [3.8, 4) is 0 Å². The molecular weight excluding hydrogens is 236 g/mol. The number of halogens is 1. The van der Waals surface area contributed by atoms with E-state index in [0.717, 1.165) is 5.56 Å². The van der Waals surface area contributed by atoms with Gasteiger partial charge in [-0.2, -0.15) is 0 Å². The van der Waals surface area contributed by atoms with Gasteiger partial charge in [0, 0.05) is 0 Å². The van der Waals surface area contributed by atoms with Gasteiger partial charge in [0.1, 0.15) is 18.5 Å². The van der Waals surface area contributed by atoms with Gasteiger partial charge < -0.3 is 9.03 Å². The zero-order valence-electron chi connectivity index (χ0n) is 8.00. The first-order valence-electron chi connectivity index (χ1n) is 4.17. The topological polar surface area (TPSA) is 77.3 Å². The van der Waals surface area contributed by atoms with E-state index in [9.17, 15) is 9.59 Å². The van der Waals surface area contributed by atoms with Crippen LogP contribution in [0.3, 0.4) is 0 Å². The van der Waals surface area contributed by atoms with Gasteiger partial charge in [-0.05, 0) is 5.56 Å². The highest BCUT2D eigenvalue weighted by molar-refractivity contribution is 6.12. The Balaban J connectivity index is 2.36. The zero-order chi connectivity index (χ0) is 11.8. The van der Waals surface area contributed by atoms with Gasteiger partial charge in [0.15, 0.2) is 0 Å². The molecule has 0 saturated carbocycles. The molecule has 1 aromatic rings. The summed E-state index contributed by atoms with van der Waals surface area (Å²) in [5.41, 5.74) is 0.797. The number of ether oxygens (including phenoxy) is 1. The first-order chi connectivity index (χ1) is 7.72. The Morgan fingerprint density at radius 1 is 1.12 bits per heavy atom. The second-order valence-electron chi connectivity index (χ2n) is 2.58. The highest BCUT2D eigenvalue weighted by Crippen LogP contribution is 2.01. The Bertz CT molecular complexity index is 394. The summed E-state index contributed by atoms with van der Waals surface area (Å²) in [6, 6.07) is 8.99. The molecule has 84 valence electrons. The highest BCUT2D eigenvalue weighted by atomic mass is 35.5. The second-order valence-corrected chi connectivity index (χ2v) is 2.74. The second kappa shape index (κ2) is 6.52. The van der Waals surface area contributed by atoms with E-state index in [1.165, 1.54) is 0 Å². The maximum atomic E-state index is 10.9. The molecule has 6 nitrogen and oxygen atoms in total. The highest BCUT2D eigenvalue weighted by Gasteiger charge is 2.03. The molecule has 0 saturated heterocycles. The molecule has 0 heterocycles. The summed E-state index contributed by atoms with van der Waals surface area (Å²) in [4.78, 5) is 21.3. The molecule has 0 fully saturated rings. The number of benzene rings is 1. The summed E-state index contributed by atoms with van der Waals surface area (Å²) in [6.07, 6.45) is -2.18. The Labute approximate surface area is 96.0 Å². The van der Waals surface area contributed by atoms with Crippen LogP contribution >= 0.6 is 11.9 Å². The fourth-order valence-electron chi connectivity index (χ4n) is 0.845. The average Bonchev–Trinajstić information content (AvgIpc) is 2.34. The molecule has 0 aromatic heterocycles. The van der Waals surface area contributed by atoms with Crippen LogP contribution in [0.5, 0.6) is 0 Å². The molecule has 7 heteroatoms. The predicted octanol–water partition coefficient (Wildman–Crippen LogP) is 3.07. The Hall–Kier alpha value is -1.95. The van der Waals surface area contributed by atoms with Crippen molar-refractivity contribution in [2.24, 2.45) is 10.2 Å². The van der Waals surface area contributed by atoms with Gasteiger partial charge in [0.05, 0.1) is 0 Å². The van der Waals surface area contributed by atoms with Crippen LogP contribution in [0, 0.1) is 0 Å². The zero-order valence-corrected chi connectivity index (χ0v) is 8.76. The van der Waals surface area contributed by atoms with E-state index in [-0.39, 0.29) is 6.61 Å². The minimum atomic E-state index is -1.18. The van der Waals surface area contributed by atoms with Gasteiger partial charge in [-0.15, -0.1) is 0 Å². The lowest BCUT2D eigenvalue weighted by Crippen LogP contribution is -1.99. The van der Waals surface area contributed by atoms with Crippen molar-refractivity contribution in [1.29, 1.82) is 0 Å². The normalized spacial score (nSPS) is 10.1. The number of rotatable bonds is 2. The van der Waals surface area contributed by atoms with E-state index in [4.69, 9.17) is 0 Å². The van der Waals surface area contributed by atoms with Gasteiger partial charge in [-0.25, -0.2) is 9.59 Å². The minimum Gasteiger partial charge on any atom is -0.442 e. The third kappa shape index (κ3) is 4.52. The monoisotopic (exact) mass is 242 g/mol. The van der Waals surface area contributed by atoms with Crippen LogP contribution in [-0.4, -0.2) is 12.2 Å². The number of amides is 2. The third-order valence-corrected chi connectivity index (χ3v) is 1.62. The first kappa shape index (κ1) is 12.1. The summed E-state index contributed by atoms with van der Waals surface area (Å²) >= 11 is 4.65. The minimum absolute atomic E-state index is 0.0502. The Morgan fingerprint density at radius 3 is 2.38 bits per heavy atom. The molecule has 0 atom stereocenters. The largest absolute Gasteiger partial charge is 0.470 e. The van der Waals surface area contributed by atoms with Crippen molar-refractivity contribution in [3.63, 3.8) is 0 Å². The van der Waals surface area contributed by atoms with E-state index in [2.05, 4.69) is 31.1 Å². The Kier molecular flexibility index (Phi) is 4.94. The van der Waals surface area contributed by atoms with Crippen molar-refractivity contribution in [2.75, 3.05) is 0 Å². The van der Waals surface area contributed by atoms with Crippen LogP contribution in [0.1, 0.15) is 5.56 Å². The molecule has 0 aliphatic rings. The van der Waals surface area contributed by atoms with Crippen LogP contribution in [0.25, 0.3) is 0 Å². The van der Waals surface area contributed by atoms with E-state index < -0.39 is 12.2 Å². The van der Waals surface area contributed by atoms with Gasteiger partial charge in [0.25, 0.3) is 0 Å². The molecule has 1 aromatic carbocycles. The lowest BCUT2D eigenvalue weighted by Gasteiger charge is -1.99. The van der Waals surface area contributed by atoms with Gasteiger partial charge in [-0.3, -0.25) is 0 Å². The number of carbonyl (C=O) groups excluding carboxylic acids is 2. The van der Waals surface area contributed by atoms with Crippen molar-refractivity contribution < 1.29 is 18.6 Å². The fraction of sp³-hybridized carbons (Fsp3) is 0.111. The van der Waals surface area contributed by atoms with E-state index in [1.807, 2.05) is 6.07 Å². The van der Waals surface area contributed by atoms with Crippen LogP contribution in [0.4, 0.5) is 9.59 Å². The molecule has 0 bridgehead atoms. The van der Waals surface area contributed by atoms with Gasteiger partial charge in [0.2, 0.25) is 0 Å². The summed E-state index contributed by atoms with van der Waals surface area (Å²) in [7, 11) is 0. The summed E-state index contributed by atoms with van der Waals surface area (Å²) < 4.78 is 8.30. The first-order valence-corrected chi connectivity index (χ1v) is 4.48. The van der Waals surface area contributed by atoms with Crippen LogP contribution in [-0.2, 0) is 15.6 Å². The number of hydrogen-bond donors (Lipinski definition) is 0. The average molecular weight is 243 g/mol. The van der Waals surface area contributed by atoms with Crippen molar-refractivity contribution in [3.05, 3.63) is 35.9 Å². The summed E-state index contributed by atoms with van der Waals surface area (Å²) in [5, 5.41) is 5.73. The lowest BCUT2D eigenvalue weighted by atomic mass is 10.2. The quantitative estimate of drug-likeness (QED) is 0.747. The smallest absolute Gasteiger partial charge is 0.442 e. The summed E-state index contributed by atoms with van der Waals surface area (Å²) in [5.74, 6) is 0. The van der Waals surface area contributed by atoms with E-state index >= 15 is 0 Å². The molecule has 0 N–H and O–H groups in total. The lowest BCUT2D eigenvalue weighted by molar-refractivity contribution is 0.148. The van der Waals surface area contributed by atoms with Crippen LogP contribution < -0.4 is 0 Å². The number of nitrogens with zero attached hydrogens (tertiary/aromatic N) is 2. The molecule has 0 aliphatic carbocycles. The fourth-order valence-corrected chi connectivity index (χ4v) is 0.876. The number of carbonyl (C=O) groups is 2. The molecule has 0 unspecified atom stereocenters. The molecule has 2 amide bonds. The number of azo groups is 1. The van der Waals surface area contributed by atoms with Crippen molar-refractivity contribution >= 4 is 24.1 Å². The SMILES string of the molecule is O=C(N=NC(=O)OCc1ccccc1)OCl. The number of hydrogen-bond acceptors (Lipinski definition) is 4. The predicted molar refractivity (Wildman–Crippen MR) is 53.8 cm³/mol. The third-order valence-electron chi connectivity index (χ3n) is 1.48. The van der Waals surface area contributed by atoms with Crippen LogP contribution in [0.2, 0.25) is 0 Å². The summed E-state index contributed by atoms with van der Waals surface area (Å²) in [6.45, 7) is 0.0502. The standard InChI is InChI=1S/C9H7ClN2O4/c10-16-9(14)12-11-8(13)15-6-7-4-2-1-3-5-7/h1-5H,6H2. The molecule has 0 radical (unpaired) electrons. The maximum Gasteiger partial charge on any atom is 0.470 e. The Morgan fingerprint density at radius 2 is 1.75 bits per heavy atom. The molecule has 0 spiro atoms. The van der Waals surface area contributed by atoms with Crippen molar-refractivity contribution in [2.45, 2.75) is 6.61 Å². The molecule has 0 aliphatic heterocycles. The van der Waals surface area contributed by atoms with Gasteiger partial charge >= 0.3 is 12.2 Å². The molecule has 16 heavy (non-hydrogen) atoms. The van der Waals surface area contributed by atoms with E-state index in [1.54, 1.807) is 24.3 Å².